The van der Waals surface area contributed by atoms with Gasteiger partial charge in [0.1, 0.15) is 5.52 Å². The summed E-state index contributed by atoms with van der Waals surface area (Å²) in [7, 11) is 2.13. The van der Waals surface area contributed by atoms with Crippen molar-refractivity contribution in [2.24, 2.45) is 5.92 Å². The molecule has 0 aliphatic heterocycles. The third-order valence-corrected chi connectivity index (χ3v) is 3.84. The highest BCUT2D eigenvalue weighted by molar-refractivity contribution is 5.76. The summed E-state index contributed by atoms with van der Waals surface area (Å²) >= 11 is 0. The maximum absolute atomic E-state index is 5.74. The first-order valence-corrected chi connectivity index (χ1v) is 6.48. The van der Waals surface area contributed by atoms with E-state index in [0.29, 0.717) is 11.7 Å². The summed E-state index contributed by atoms with van der Waals surface area (Å²) in [6, 6.07) is 6.19. The standard InChI is InChI=1S/C14H19N3O/c1-9(10-3-4-10)17(2)8-14-16-12-6-5-11(15)7-13(12)18-14/h5-7,9-10H,3-4,8,15H2,1-2H3. The van der Waals surface area contributed by atoms with Crippen LogP contribution in [0.3, 0.4) is 0 Å². The summed E-state index contributed by atoms with van der Waals surface area (Å²) in [5, 5.41) is 0. The fourth-order valence-corrected chi connectivity index (χ4v) is 2.35. The third-order valence-electron chi connectivity index (χ3n) is 3.84. The molecule has 1 aromatic carbocycles. The molecule has 1 unspecified atom stereocenters. The first kappa shape index (κ1) is 11.5. The molecule has 1 heterocycles. The van der Waals surface area contributed by atoms with E-state index in [-0.39, 0.29) is 0 Å². The molecule has 3 rings (SSSR count). The molecule has 18 heavy (non-hydrogen) atoms. The van der Waals surface area contributed by atoms with Gasteiger partial charge in [-0.05, 0) is 44.9 Å². The maximum atomic E-state index is 5.74. The van der Waals surface area contributed by atoms with E-state index < -0.39 is 0 Å². The van der Waals surface area contributed by atoms with Crippen molar-refractivity contribution in [1.29, 1.82) is 0 Å². The lowest BCUT2D eigenvalue weighted by Gasteiger charge is -2.22. The van der Waals surface area contributed by atoms with Gasteiger partial charge >= 0.3 is 0 Å². The predicted octanol–water partition coefficient (Wildman–Crippen LogP) is 2.64. The Kier molecular flexibility index (Phi) is 2.74. The Morgan fingerprint density at radius 2 is 2.28 bits per heavy atom. The second-order valence-corrected chi connectivity index (χ2v) is 5.33. The van der Waals surface area contributed by atoms with Crippen LogP contribution in [0, 0.1) is 5.92 Å². The summed E-state index contributed by atoms with van der Waals surface area (Å²) in [6.45, 7) is 3.03. The summed E-state index contributed by atoms with van der Waals surface area (Å²) < 4.78 is 5.74. The number of nitrogen functional groups attached to an aromatic ring is 1. The Morgan fingerprint density at radius 1 is 1.50 bits per heavy atom. The van der Waals surface area contributed by atoms with Gasteiger partial charge in [0.2, 0.25) is 5.89 Å². The summed E-state index contributed by atoms with van der Waals surface area (Å²) in [4.78, 5) is 6.80. The number of aromatic nitrogens is 1. The predicted molar refractivity (Wildman–Crippen MR) is 72.1 cm³/mol. The zero-order chi connectivity index (χ0) is 12.7. The van der Waals surface area contributed by atoms with Crippen molar-refractivity contribution in [3.63, 3.8) is 0 Å². The zero-order valence-corrected chi connectivity index (χ0v) is 10.9. The molecule has 4 heteroatoms. The number of nitrogens with two attached hydrogens (primary N) is 1. The van der Waals surface area contributed by atoms with Gasteiger partial charge in [0.25, 0.3) is 0 Å². The number of hydrogen-bond acceptors (Lipinski definition) is 4. The van der Waals surface area contributed by atoms with Crippen LogP contribution in [0.2, 0.25) is 0 Å². The lowest BCUT2D eigenvalue weighted by atomic mass is 10.2. The number of rotatable bonds is 4. The molecule has 2 aromatic rings. The number of anilines is 1. The van der Waals surface area contributed by atoms with Gasteiger partial charge < -0.3 is 10.2 Å². The number of hydrogen-bond donors (Lipinski definition) is 1. The summed E-state index contributed by atoms with van der Waals surface area (Å²) in [6.07, 6.45) is 2.71. The van der Waals surface area contributed by atoms with E-state index in [0.717, 1.165) is 29.5 Å². The molecule has 1 aliphatic rings. The number of benzene rings is 1. The monoisotopic (exact) mass is 245 g/mol. The van der Waals surface area contributed by atoms with E-state index in [1.54, 1.807) is 0 Å². The van der Waals surface area contributed by atoms with Crippen molar-refractivity contribution < 1.29 is 4.42 Å². The van der Waals surface area contributed by atoms with Crippen molar-refractivity contribution in [3.8, 4) is 0 Å². The van der Waals surface area contributed by atoms with E-state index in [9.17, 15) is 0 Å². The molecule has 4 nitrogen and oxygen atoms in total. The van der Waals surface area contributed by atoms with Crippen LogP contribution in [-0.2, 0) is 6.54 Å². The first-order valence-electron chi connectivity index (χ1n) is 6.48. The van der Waals surface area contributed by atoms with E-state index in [2.05, 4.69) is 23.9 Å². The van der Waals surface area contributed by atoms with E-state index in [4.69, 9.17) is 10.2 Å². The van der Waals surface area contributed by atoms with E-state index in [1.807, 2.05) is 18.2 Å². The molecular weight excluding hydrogens is 226 g/mol. The lowest BCUT2D eigenvalue weighted by Crippen LogP contribution is -2.30. The second-order valence-electron chi connectivity index (χ2n) is 5.33. The van der Waals surface area contributed by atoms with Crippen LogP contribution in [-0.4, -0.2) is 23.0 Å². The van der Waals surface area contributed by atoms with Crippen molar-refractivity contribution in [2.45, 2.75) is 32.4 Å². The van der Waals surface area contributed by atoms with Crippen LogP contribution in [0.15, 0.2) is 22.6 Å². The molecule has 2 N–H and O–H groups in total. The smallest absolute Gasteiger partial charge is 0.209 e. The molecule has 1 fully saturated rings. The Balaban J connectivity index is 1.77. The van der Waals surface area contributed by atoms with Crippen LogP contribution in [0.5, 0.6) is 0 Å². The largest absolute Gasteiger partial charge is 0.439 e. The van der Waals surface area contributed by atoms with Crippen molar-refractivity contribution in [1.82, 2.24) is 9.88 Å². The normalized spacial score (nSPS) is 17.5. The van der Waals surface area contributed by atoms with Crippen molar-refractivity contribution >= 4 is 16.8 Å². The van der Waals surface area contributed by atoms with Gasteiger partial charge in [-0.15, -0.1) is 0 Å². The highest BCUT2D eigenvalue weighted by atomic mass is 16.3. The van der Waals surface area contributed by atoms with E-state index >= 15 is 0 Å². The molecule has 1 atom stereocenters. The quantitative estimate of drug-likeness (QED) is 0.841. The molecule has 96 valence electrons. The average molecular weight is 245 g/mol. The van der Waals surface area contributed by atoms with Gasteiger partial charge in [-0.25, -0.2) is 4.98 Å². The Morgan fingerprint density at radius 3 is 3.00 bits per heavy atom. The number of oxazole rings is 1. The van der Waals surface area contributed by atoms with Crippen molar-refractivity contribution in [2.75, 3.05) is 12.8 Å². The van der Waals surface area contributed by atoms with Crippen molar-refractivity contribution in [3.05, 3.63) is 24.1 Å². The second kappa shape index (κ2) is 4.28. The van der Waals surface area contributed by atoms with Crippen LogP contribution in [0.25, 0.3) is 11.1 Å². The Bertz CT molecular complexity index is 559. The highest BCUT2D eigenvalue weighted by Gasteiger charge is 2.30. The van der Waals surface area contributed by atoms with Gasteiger partial charge in [0.05, 0.1) is 6.54 Å². The van der Waals surface area contributed by atoms with Gasteiger partial charge in [0, 0.05) is 17.8 Å². The topological polar surface area (TPSA) is 55.3 Å². The fourth-order valence-electron chi connectivity index (χ4n) is 2.35. The SMILES string of the molecule is CC(C1CC1)N(C)Cc1nc2ccc(N)cc2o1. The molecule has 0 spiro atoms. The highest BCUT2D eigenvalue weighted by Crippen LogP contribution is 2.35. The van der Waals surface area contributed by atoms with Crippen LogP contribution in [0.1, 0.15) is 25.7 Å². The van der Waals surface area contributed by atoms with Gasteiger partial charge in [-0.3, -0.25) is 4.90 Å². The molecule has 1 saturated carbocycles. The van der Waals surface area contributed by atoms with Crippen LogP contribution >= 0.6 is 0 Å². The third kappa shape index (κ3) is 2.20. The molecular formula is C14H19N3O. The summed E-state index contributed by atoms with van der Waals surface area (Å²) in [5.74, 6) is 1.63. The minimum Gasteiger partial charge on any atom is -0.439 e. The number of fused-ring (bicyclic) bond motifs is 1. The number of nitrogens with zero attached hydrogens (tertiary/aromatic N) is 2. The van der Waals surface area contributed by atoms with Crippen LogP contribution < -0.4 is 5.73 Å². The van der Waals surface area contributed by atoms with Gasteiger partial charge in [-0.2, -0.15) is 0 Å². The Hall–Kier alpha value is -1.55. The Labute approximate surface area is 107 Å². The average Bonchev–Trinajstić information content (AvgIpc) is 3.10. The molecule has 0 amide bonds. The van der Waals surface area contributed by atoms with E-state index in [1.165, 1.54) is 12.8 Å². The van der Waals surface area contributed by atoms with Gasteiger partial charge in [-0.1, -0.05) is 0 Å². The molecule has 1 aliphatic carbocycles. The molecule has 0 radical (unpaired) electrons. The molecule has 0 bridgehead atoms. The minimum atomic E-state index is 0.602. The van der Waals surface area contributed by atoms with Gasteiger partial charge in [0.15, 0.2) is 5.58 Å². The van der Waals surface area contributed by atoms with Crippen LogP contribution in [0.4, 0.5) is 5.69 Å². The zero-order valence-electron chi connectivity index (χ0n) is 10.9. The lowest BCUT2D eigenvalue weighted by molar-refractivity contribution is 0.208. The first-order chi connectivity index (χ1) is 8.63. The minimum absolute atomic E-state index is 0.602. The maximum Gasteiger partial charge on any atom is 0.209 e. The summed E-state index contributed by atoms with van der Waals surface area (Å²) in [5.41, 5.74) is 8.10. The molecule has 0 saturated heterocycles. The molecule has 1 aromatic heterocycles. The fraction of sp³-hybridized carbons (Fsp3) is 0.500.